The van der Waals surface area contributed by atoms with E-state index in [0.717, 1.165) is 11.6 Å². The minimum absolute atomic E-state index is 0.173. The molecule has 1 aromatic rings. The number of hydrogen-bond acceptors (Lipinski definition) is 5. The lowest BCUT2D eigenvalue weighted by Gasteiger charge is -2.35. The minimum atomic E-state index is -0.320. The zero-order chi connectivity index (χ0) is 19.3. The normalized spacial score (nSPS) is 25.5. The smallest absolute Gasteiger partial charge is 0.249 e. The highest BCUT2D eigenvalue weighted by molar-refractivity contribution is 6.01. The third-order valence-electron chi connectivity index (χ3n) is 6.50. The van der Waals surface area contributed by atoms with E-state index in [-0.39, 0.29) is 17.9 Å². The Morgan fingerprint density at radius 2 is 1.82 bits per heavy atom. The van der Waals surface area contributed by atoms with Gasteiger partial charge in [-0.2, -0.15) is 0 Å². The third-order valence-corrected chi connectivity index (χ3v) is 6.50. The van der Waals surface area contributed by atoms with Crippen LogP contribution in [-0.2, 0) is 9.59 Å². The first-order valence-corrected chi connectivity index (χ1v) is 10.8. The van der Waals surface area contributed by atoms with Crippen LogP contribution in [-0.4, -0.2) is 55.5 Å². The van der Waals surface area contributed by atoms with Crippen molar-refractivity contribution < 1.29 is 9.59 Å². The second-order valence-corrected chi connectivity index (χ2v) is 8.54. The highest BCUT2D eigenvalue weighted by Gasteiger charge is 2.27. The van der Waals surface area contributed by atoms with Crippen LogP contribution in [0.15, 0.2) is 24.3 Å². The van der Waals surface area contributed by atoms with E-state index in [1.54, 1.807) is 0 Å². The molecule has 28 heavy (non-hydrogen) atoms. The van der Waals surface area contributed by atoms with Crippen molar-refractivity contribution in [3.05, 3.63) is 29.8 Å². The van der Waals surface area contributed by atoms with E-state index in [4.69, 9.17) is 0 Å². The van der Waals surface area contributed by atoms with Gasteiger partial charge in [0.05, 0.1) is 0 Å². The molecule has 0 spiro atoms. The highest BCUT2D eigenvalue weighted by Crippen LogP contribution is 2.30. The highest BCUT2D eigenvalue weighted by atomic mass is 16.2. The number of amides is 2. The summed E-state index contributed by atoms with van der Waals surface area (Å²) >= 11 is 0. The first-order chi connectivity index (χ1) is 13.7. The molecule has 3 aliphatic heterocycles. The van der Waals surface area contributed by atoms with Crippen LogP contribution in [0.5, 0.6) is 0 Å². The van der Waals surface area contributed by atoms with Crippen LogP contribution in [0.1, 0.15) is 50.0 Å². The molecule has 0 saturated carbocycles. The van der Waals surface area contributed by atoms with Crippen molar-refractivity contribution in [1.82, 2.24) is 15.5 Å². The summed E-state index contributed by atoms with van der Waals surface area (Å²) in [6.07, 6.45) is 5.99. The second kappa shape index (κ2) is 9.05. The largest absolute Gasteiger partial charge is 0.374 e. The number of anilines is 1. The summed E-state index contributed by atoms with van der Waals surface area (Å²) in [4.78, 5) is 26.0. The third kappa shape index (κ3) is 4.92. The first-order valence-electron chi connectivity index (χ1n) is 10.8. The molecule has 0 aromatic heterocycles. The molecule has 1 unspecified atom stereocenters. The Balaban J connectivity index is 1.30. The number of likely N-dealkylation sites (tertiary alicyclic amines) is 1. The monoisotopic (exact) mass is 384 g/mol. The van der Waals surface area contributed by atoms with Gasteiger partial charge in [-0.25, -0.2) is 0 Å². The maximum Gasteiger partial charge on any atom is 0.249 e. The van der Waals surface area contributed by atoms with Gasteiger partial charge < -0.3 is 15.5 Å². The lowest BCUT2D eigenvalue weighted by atomic mass is 9.88. The quantitative estimate of drug-likeness (QED) is 0.678. The van der Waals surface area contributed by atoms with Gasteiger partial charge in [0.15, 0.2) is 0 Å². The molecule has 0 bridgehead atoms. The van der Waals surface area contributed by atoms with Gasteiger partial charge >= 0.3 is 0 Å². The Bertz CT molecular complexity index is 694. The number of nitrogens with zero attached hydrogens (tertiary/aromatic N) is 1. The van der Waals surface area contributed by atoms with Gasteiger partial charge in [-0.15, -0.1) is 0 Å². The van der Waals surface area contributed by atoms with E-state index < -0.39 is 0 Å². The number of hydrogen-bond donors (Lipinski definition) is 3. The van der Waals surface area contributed by atoms with Crippen molar-refractivity contribution in [2.24, 2.45) is 5.92 Å². The molecule has 3 N–H and O–H groups in total. The molecule has 152 valence electrons. The molecule has 1 atom stereocenters. The topological polar surface area (TPSA) is 73.5 Å². The Morgan fingerprint density at radius 1 is 1.04 bits per heavy atom. The van der Waals surface area contributed by atoms with Gasteiger partial charge in [0.1, 0.15) is 6.04 Å². The summed E-state index contributed by atoms with van der Waals surface area (Å²) in [6, 6.07) is 8.17. The number of carbonyl (C=O) groups is 2. The summed E-state index contributed by atoms with van der Waals surface area (Å²) in [5, 5.41) is 9.18. The fraction of sp³-hybridized carbons (Fsp3) is 0.636. The van der Waals surface area contributed by atoms with Crippen molar-refractivity contribution in [3.63, 3.8) is 0 Å². The summed E-state index contributed by atoms with van der Waals surface area (Å²) in [5.41, 5.74) is 2.34. The van der Waals surface area contributed by atoms with E-state index in [9.17, 15) is 9.59 Å². The van der Waals surface area contributed by atoms with E-state index in [2.05, 4.69) is 39.0 Å². The Kier molecular flexibility index (Phi) is 6.27. The van der Waals surface area contributed by atoms with Crippen molar-refractivity contribution in [2.75, 3.05) is 38.0 Å². The average molecular weight is 385 g/mol. The maximum absolute atomic E-state index is 12.0. The molecule has 2 amide bonds. The van der Waals surface area contributed by atoms with Crippen LogP contribution in [0.3, 0.4) is 0 Å². The predicted octanol–water partition coefficient (Wildman–Crippen LogP) is 2.08. The fourth-order valence-corrected chi connectivity index (χ4v) is 4.79. The van der Waals surface area contributed by atoms with Crippen LogP contribution >= 0.6 is 0 Å². The SMILES string of the molecule is O=C1CCC(Nc2cccc(C3CCN(CC4CCNCC4)CC3)c2)C(=O)N1. The lowest BCUT2D eigenvalue weighted by Crippen LogP contribution is -2.47. The number of piperidine rings is 3. The van der Waals surface area contributed by atoms with Crippen molar-refractivity contribution >= 4 is 17.5 Å². The zero-order valence-electron chi connectivity index (χ0n) is 16.6. The first kappa shape index (κ1) is 19.4. The molecule has 6 nitrogen and oxygen atoms in total. The van der Waals surface area contributed by atoms with Gasteiger partial charge in [0.2, 0.25) is 11.8 Å². The molecular formula is C22H32N4O2. The molecule has 3 saturated heterocycles. The number of nitrogens with one attached hydrogen (secondary N) is 3. The standard InChI is InChI=1S/C22H32N4O2/c27-21-5-4-20(22(28)25-21)24-19-3-1-2-18(14-19)17-8-12-26(13-9-17)15-16-6-10-23-11-7-16/h1-3,14,16-17,20,23-24H,4-13,15H2,(H,25,27,28). The number of imide groups is 1. The molecule has 6 heteroatoms. The van der Waals surface area contributed by atoms with E-state index in [1.165, 1.54) is 64.0 Å². The molecule has 1 aromatic carbocycles. The van der Waals surface area contributed by atoms with Crippen LogP contribution in [0.4, 0.5) is 5.69 Å². The van der Waals surface area contributed by atoms with Crippen molar-refractivity contribution in [3.8, 4) is 0 Å². The van der Waals surface area contributed by atoms with E-state index >= 15 is 0 Å². The van der Waals surface area contributed by atoms with Gasteiger partial charge in [-0.05, 0) is 87.8 Å². The minimum Gasteiger partial charge on any atom is -0.374 e. The fourth-order valence-electron chi connectivity index (χ4n) is 4.79. The summed E-state index contributed by atoms with van der Waals surface area (Å²) < 4.78 is 0. The molecular weight excluding hydrogens is 352 g/mol. The van der Waals surface area contributed by atoms with Crippen molar-refractivity contribution in [1.29, 1.82) is 0 Å². The molecule has 0 aliphatic carbocycles. The van der Waals surface area contributed by atoms with Gasteiger partial charge in [-0.1, -0.05) is 12.1 Å². The van der Waals surface area contributed by atoms with Crippen molar-refractivity contribution in [2.45, 2.75) is 50.5 Å². The lowest BCUT2D eigenvalue weighted by molar-refractivity contribution is -0.133. The van der Waals surface area contributed by atoms with Crippen LogP contribution in [0, 0.1) is 5.92 Å². The molecule has 4 rings (SSSR count). The second-order valence-electron chi connectivity index (χ2n) is 8.54. The molecule has 0 radical (unpaired) electrons. The average Bonchev–Trinajstić information content (AvgIpc) is 2.72. The molecule has 3 fully saturated rings. The summed E-state index contributed by atoms with van der Waals surface area (Å²) in [5.74, 6) is 1.06. The predicted molar refractivity (Wildman–Crippen MR) is 110 cm³/mol. The van der Waals surface area contributed by atoms with Crippen LogP contribution < -0.4 is 16.0 Å². The summed E-state index contributed by atoms with van der Waals surface area (Å²) in [7, 11) is 0. The number of rotatable bonds is 5. The Labute approximate surface area is 167 Å². The zero-order valence-corrected chi connectivity index (χ0v) is 16.6. The Morgan fingerprint density at radius 3 is 2.57 bits per heavy atom. The maximum atomic E-state index is 12.0. The van der Waals surface area contributed by atoms with Gasteiger partial charge in [-0.3, -0.25) is 14.9 Å². The van der Waals surface area contributed by atoms with Crippen LogP contribution in [0.25, 0.3) is 0 Å². The summed E-state index contributed by atoms with van der Waals surface area (Å²) in [6.45, 7) is 5.96. The van der Waals surface area contributed by atoms with Gasteiger partial charge in [0.25, 0.3) is 0 Å². The Hall–Kier alpha value is -1.92. The number of benzene rings is 1. The van der Waals surface area contributed by atoms with E-state index in [1.807, 2.05) is 6.07 Å². The number of carbonyl (C=O) groups excluding carboxylic acids is 2. The molecule has 3 heterocycles. The van der Waals surface area contributed by atoms with Crippen LogP contribution in [0.2, 0.25) is 0 Å². The molecule has 3 aliphatic rings. The van der Waals surface area contributed by atoms with Gasteiger partial charge in [0, 0.05) is 18.7 Å². The van der Waals surface area contributed by atoms with E-state index in [0.29, 0.717) is 18.8 Å².